The molecule has 29 heavy (non-hydrogen) atoms. The van der Waals surface area contributed by atoms with Crippen molar-refractivity contribution in [3.8, 4) is 28.7 Å². The minimum absolute atomic E-state index is 0.113. The van der Waals surface area contributed by atoms with Crippen molar-refractivity contribution >= 4 is 0 Å². The van der Waals surface area contributed by atoms with Crippen LogP contribution in [-0.2, 0) is 5.41 Å². The van der Waals surface area contributed by atoms with E-state index in [1.54, 1.807) is 0 Å². The van der Waals surface area contributed by atoms with E-state index < -0.39 is 0 Å². The van der Waals surface area contributed by atoms with Gasteiger partial charge in [-0.1, -0.05) is 39.3 Å². The van der Waals surface area contributed by atoms with Crippen LogP contribution in [-0.4, -0.2) is 28.5 Å². The summed E-state index contributed by atoms with van der Waals surface area (Å²) in [6, 6.07) is 16.0. The molecule has 0 saturated heterocycles. The van der Waals surface area contributed by atoms with E-state index in [0.717, 1.165) is 42.6 Å². The Morgan fingerprint density at radius 2 is 1.34 bits per heavy atom. The molecule has 1 aromatic heterocycles. The molecule has 0 aliphatic rings. The Kier molecular flexibility index (Phi) is 7.04. The lowest BCUT2D eigenvalue weighted by molar-refractivity contribution is 0.273. The van der Waals surface area contributed by atoms with Crippen LogP contribution in [0.1, 0.15) is 52.0 Å². The van der Waals surface area contributed by atoms with Crippen molar-refractivity contribution in [3.63, 3.8) is 0 Å². The molecule has 2 aromatic carbocycles. The number of hydrogen-bond donors (Lipinski definition) is 1. The Bertz CT molecular complexity index is 878. The predicted molar refractivity (Wildman–Crippen MR) is 115 cm³/mol. The normalized spacial score (nSPS) is 11.6. The van der Waals surface area contributed by atoms with Crippen LogP contribution in [0.3, 0.4) is 0 Å². The lowest BCUT2D eigenvalue weighted by Crippen LogP contribution is -2.10. The van der Waals surface area contributed by atoms with Gasteiger partial charge in [-0.15, -0.1) is 10.2 Å². The lowest BCUT2D eigenvalue weighted by Gasteiger charge is -2.18. The third kappa shape index (κ3) is 5.91. The molecule has 0 spiro atoms. The summed E-state index contributed by atoms with van der Waals surface area (Å²) < 4.78 is 11.6. The van der Waals surface area contributed by atoms with Gasteiger partial charge in [0.15, 0.2) is 0 Å². The Morgan fingerprint density at radius 1 is 0.793 bits per heavy atom. The maximum atomic E-state index is 8.78. The molecule has 154 valence electrons. The Hall–Kier alpha value is -2.66. The monoisotopic (exact) mass is 394 g/mol. The van der Waals surface area contributed by atoms with Gasteiger partial charge in [-0.25, -0.2) is 0 Å². The summed E-state index contributed by atoms with van der Waals surface area (Å²) in [5.74, 6) is 1.84. The van der Waals surface area contributed by atoms with E-state index in [9.17, 15) is 0 Å². The number of rotatable bonds is 9. The molecule has 0 atom stereocenters. The van der Waals surface area contributed by atoms with E-state index >= 15 is 0 Å². The molecule has 0 saturated carbocycles. The molecule has 0 radical (unpaired) electrons. The summed E-state index contributed by atoms with van der Waals surface area (Å²) in [5.41, 5.74) is 3.16. The summed E-state index contributed by atoms with van der Waals surface area (Å²) in [6.07, 6.45) is 3.96. The minimum Gasteiger partial charge on any atom is -0.494 e. The molecule has 0 aliphatic carbocycles. The van der Waals surface area contributed by atoms with Crippen LogP contribution >= 0.6 is 0 Å². The maximum absolute atomic E-state index is 8.78. The second-order valence-corrected chi connectivity index (χ2v) is 8.25. The zero-order chi connectivity index (χ0) is 20.7. The molecular weight excluding hydrogens is 364 g/mol. The summed E-state index contributed by atoms with van der Waals surface area (Å²) in [4.78, 5) is 0. The van der Waals surface area contributed by atoms with Crippen LogP contribution < -0.4 is 4.74 Å². The third-order valence-corrected chi connectivity index (χ3v) is 4.85. The number of nitrogens with zero attached hydrogens (tertiary/aromatic N) is 2. The Morgan fingerprint density at radius 3 is 1.90 bits per heavy atom. The number of aliphatic hydroxyl groups excluding tert-OH is 1. The van der Waals surface area contributed by atoms with Crippen molar-refractivity contribution in [2.45, 2.75) is 51.9 Å². The number of unbranched alkanes of at least 4 members (excludes halogenated alkanes) is 3. The van der Waals surface area contributed by atoms with Crippen molar-refractivity contribution in [1.29, 1.82) is 0 Å². The van der Waals surface area contributed by atoms with E-state index in [1.807, 2.05) is 36.4 Å². The first kappa shape index (κ1) is 21.1. The average molecular weight is 395 g/mol. The minimum atomic E-state index is 0.113. The third-order valence-electron chi connectivity index (χ3n) is 4.85. The number of ether oxygens (including phenoxy) is 1. The molecule has 5 nitrogen and oxygen atoms in total. The summed E-state index contributed by atoms with van der Waals surface area (Å²) >= 11 is 0. The summed E-state index contributed by atoms with van der Waals surface area (Å²) in [7, 11) is 0. The van der Waals surface area contributed by atoms with Crippen LogP contribution in [0.25, 0.3) is 22.9 Å². The Balaban J connectivity index is 1.59. The van der Waals surface area contributed by atoms with E-state index in [1.165, 1.54) is 5.56 Å². The van der Waals surface area contributed by atoms with E-state index in [0.29, 0.717) is 18.4 Å². The topological polar surface area (TPSA) is 68.4 Å². The largest absolute Gasteiger partial charge is 0.494 e. The van der Waals surface area contributed by atoms with Gasteiger partial charge >= 0.3 is 0 Å². The number of hydrogen-bond acceptors (Lipinski definition) is 5. The van der Waals surface area contributed by atoms with E-state index in [2.05, 4.69) is 43.1 Å². The van der Waals surface area contributed by atoms with Crippen LogP contribution in [0.15, 0.2) is 52.9 Å². The van der Waals surface area contributed by atoms with Gasteiger partial charge in [0.05, 0.1) is 6.61 Å². The first-order valence-electron chi connectivity index (χ1n) is 10.3. The highest BCUT2D eigenvalue weighted by Crippen LogP contribution is 2.28. The quantitative estimate of drug-likeness (QED) is 0.476. The molecule has 3 aromatic rings. The van der Waals surface area contributed by atoms with Gasteiger partial charge in [0.1, 0.15) is 5.75 Å². The van der Waals surface area contributed by atoms with Gasteiger partial charge in [0.25, 0.3) is 0 Å². The van der Waals surface area contributed by atoms with Gasteiger partial charge in [0, 0.05) is 17.7 Å². The van der Waals surface area contributed by atoms with Crippen LogP contribution in [0.4, 0.5) is 0 Å². The highest BCUT2D eigenvalue weighted by molar-refractivity contribution is 5.59. The first-order valence-corrected chi connectivity index (χ1v) is 10.3. The lowest BCUT2D eigenvalue weighted by atomic mass is 9.87. The molecule has 0 unspecified atom stereocenters. The molecule has 0 bridgehead atoms. The zero-order valence-corrected chi connectivity index (χ0v) is 17.5. The molecule has 0 fully saturated rings. The van der Waals surface area contributed by atoms with Gasteiger partial charge < -0.3 is 14.3 Å². The molecule has 0 amide bonds. The zero-order valence-electron chi connectivity index (χ0n) is 17.5. The van der Waals surface area contributed by atoms with Gasteiger partial charge in [-0.3, -0.25) is 0 Å². The highest BCUT2D eigenvalue weighted by Gasteiger charge is 2.15. The van der Waals surface area contributed by atoms with Crippen LogP contribution in [0.5, 0.6) is 5.75 Å². The van der Waals surface area contributed by atoms with Crippen LogP contribution in [0, 0.1) is 0 Å². The summed E-state index contributed by atoms with van der Waals surface area (Å²) in [6.45, 7) is 7.52. The van der Waals surface area contributed by atoms with Crippen molar-refractivity contribution < 1.29 is 14.3 Å². The second-order valence-electron chi connectivity index (χ2n) is 8.25. The predicted octanol–water partition coefficient (Wildman–Crippen LogP) is 5.63. The Labute approximate surface area is 172 Å². The molecule has 0 aliphatic heterocycles. The SMILES string of the molecule is CC(C)(C)c1ccc(-c2nnc(-c3ccc(OCCCCCCO)cc3)o2)cc1. The fraction of sp³-hybridized carbons (Fsp3) is 0.417. The van der Waals surface area contributed by atoms with Crippen molar-refractivity contribution in [2.24, 2.45) is 0 Å². The number of benzene rings is 2. The van der Waals surface area contributed by atoms with Gasteiger partial charge in [-0.05, 0) is 66.6 Å². The fourth-order valence-electron chi connectivity index (χ4n) is 3.02. The molecule has 1 N–H and O–H groups in total. The number of aromatic nitrogens is 2. The second kappa shape index (κ2) is 9.70. The van der Waals surface area contributed by atoms with Crippen molar-refractivity contribution in [2.75, 3.05) is 13.2 Å². The molecule has 5 heteroatoms. The molecule has 1 heterocycles. The van der Waals surface area contributed by atoms with E-state index in [4.69, 9.17) is 14.3 Å². The van der Waals surface area contributed by atoms with Gasteiger partial charge in [0.2, 0.25) is 11.8 Å². The van der Waals surface area contributed by atoms with Crippen molar-refractivity contribution in [3.05, 3.63) is 54.1 Å². The number of aliphatic hydroxyl groups is 1. The first-order chi connectivity index (χ1) is 14.0. The summed E-state index contributed by atoms with van der Waals surface area (Å²) in [5, 5.41) is 17.2. The fourth-order valence-corrected chi connectivity index (χ4v) is 3.02. The average Bonchev–Trinajstić information content (AvgIpc) is 3.21. The smallest absolute Gasteiger partial charge is 0.248 e. The van der Waals surface area contributed by atoms with Crippen LogP contribution in [0.2, 0.25) is 0 Å². The molecular formula is C24H30N2O3. The van der Waals surface area contributed by atoms with Crippen molar-refractivity contribution in [1.82, 2.24) is 10.2 Å². The van der Waals surface area contributed by atoms with Gasteiger partial charge in [-0.2, -0.15) is 0 Å². The maximum Gasteiger partial charge on any atom is 0.248 e. The molecule has 3 rings (SSSR count). The standard InChI is InChI=1S/C24H30N2O3/c1-24(2,3)20-12-8-18(9-13-20)22-25-26-23(29-22)19-10-14-21(15-11-19)28-17-7-5-4-6-16-27/h8-15,27H,4-7,16-17H2,1-3H3. The van der Waals surface area contributed by atoms with E-state index in [-0.39, 0.29) is 12.0 Å². The highest BCUT2D eigenvalue weighted by atomic mass is 16.5.